The van der Waals surface area contributed by atoms with Crippen LogP contribution in [0, 0.1) is 6.92 Å². The van der Waals surface area contributed by atoms with Crippen LogP contribution in [-0.4, -0.2) is 44.4 Å². The average molecular weight is 344 g/mol. The molecule has 0 N–H and O–H groups in total. The van der Waals surface area contributed by atoms with Gasteiger partial charge in [0.1, 0.15) is 0 Å². The van der Waals surface area contributed by atoms with Crippen LogP contribution in [-0.2, 0) is 11.3 Å². The summed E-state index contributed by atoms with van der Waals surface area (Å²) in [7, 11) is 0. The molecule has 5 nitrogen and oxygen atoms in total. The number of allylic oxidation sites excluding steroid dienone is 1. The lowest BCUT2D eigenvalue weighted by atomic mass is 10.1. The number of rotatable bonds is 8. The second-order valence-corrected chi connectivity index (χ2v) is 6.37. The molecule has 24 heavy (non-hydrogen) atoms. The Balaban J connectivity index is 2.22. The number of hydrogen-bond donors (Lipinski definition) is 0. The molecule has 0 bridgehead atoms. The number of amides is 1. The van der Waals surface area contributed by atoms with Gasteiger partial charge in [-0.2, -0.15) is 0 Å². The van der Waals surface area contributed by atoms with Crippen LogP contribution < -0.4 is 0 Å². The van der Waals surface area contributed by atoms with Gasteiger partial charge in [0.25, 0.3) is 0 Å². The Bertz CT molecular complexity index is 707. The molecule has 0 spiro atoms. The van der Waals surface area contributed by atoms with Crippen LogP contribution in [0.2, 0.25) is 0 Å². The van der Waals surface area contributed by atoms with Gasteiger partial charge in [0.05, 0.1) is 5.75 Å². The van der Waals surface area contributed by atoms with Crippen molar-refractivity contribution in [2.45, 2.75) is 32.5 Å². The lowest BCUT2D eigenvalue weighted by molar-refractivity contribution is -0.127. The molecule has 0 fully saturated rings. The molecule has 2 rings (SSSR count). The summed E-state index contributed by atoms with van der Waals surface area (Å²) in [5, 5.41) is 9.35. The summed E-state index contributed by atoms with van der Waals surface area (Å²) in [5.41, 5.74) is 2.19. The van der Waals surface area contributed by atoms with Gasteiger partial charge in [0.15, 0.2) is 11.0 Å². The van der Waals surface area contributed by atoms with Crippen LogP contribution in [0.5, 0.6) is 0 Å². The number of aryl methyl sites for hydroxylation is 1. The van der Waals surface area contributed by atoms with E-state index in [-0.39, 0.29) is 5.91 Å². The first-order chi connectivity index (χ1) is 11.6. The molecule has 1 aromatic carbocycles. The van der Waals surface area contributed by atoms with E-state index in [4.69, 9.17) is 0 Å². The van der Waals surface area contributed by atoms with Crippen LogP contribution in [0.25, 0.3) is 11.4 Å². The highest BCUT2D eigenvalue weighted by molar-refractivity contribution is 7.99. The fraction of sp³-hybridized carbons (Fsp3) is 0.389. The Hall–Kier alpha value is -2.08. The highest BCUT2D eigenvalue weighted by atomic mass is 32.2. The minimum atomic E-state index is 0.121. The summed E-state index contributed by atoms with van der Waals surface area (Å²) in [4.78, 5) is 14.0. The normalized spacial score (nSPS) is 10.6. The Labute approximate surface area is 147 Å². The second kappa shape index (κ2) is 8.68. The molecular weight excluding hydrogens is 320 g/mol. The van der Waals surface area contributed by atoms with E-state index >= 15 is 0 Å². The van der Waals surface area contributed by atoms with Crippen molar-refractivity contribution in [1.29, 1.82) is 0 Å². The fourth-order valence-corrected chi connectivity index (χ4v) is 3.33. The molecule has 0 radical (unpaired) electrons. The quantitative estimate of drug-likeness (QED) is 0.544. The maximum Gasteiger partial charge on any atom is 0.233 e. The lowest BCUT2D eigenvalue weighted by Gasteiger charge is -2.18. The van der Waals surface area contributed by atoms with Crippen molar-refractivity contribution in [2.24, 2.45) is 0 Å². The molecule has 6 heteroatoms. The summed E-state index contributed by atoms with van der Waals surface area (Å²) in [5.74, 6) is 1.29. The second-order valence-electron chi connectivity index (χ2n) is 5.43. The highest BCUT2D eigenvalue weighted by Crippen LogP contribution is 2.25. The largest absolute Gasteiger partial charge is 0.343 e. The number of thioether (sulfide) groups is 1. The van der Waals surface area contributed by atoms with E-state index in [0.717, 1.165) is 29.6 Å². The van der Waals surface area contributed by atoms with Gasteiger partial charge in [-0.1, -0.05) is 41.6 Å². The maximum atomic E-state index is 12.2. The van der Waals surface area contributed by atoms with Crippen LogP contribution in [0.4, 0.5) is 0 Å². The first kappa shape index (κ1) is 18.3. The highest BCUT2D eigenvalue weighted by Gasteiger charge is 2.16. The molecule has 2 aromatic rings. The summed E-state index contributed by atoms with van der Waals surface area (Å²) in [6.45, 7) is 11.9. The van der Waals surface area contributed by atoms with E-state index in [2.05, 4.69) is 35.8 Å². The molecule has 1 aromatic heterocycles. The summed E-state index contributed by atoms with van der Waals surface area (Å²) < 4.78 is 2.00. The van der Waals surface area contributed by atoms with Crippen molar-refractivity contribution >= 4 is 17.7 Å². The zero-order chi connectivity index (χ0) is 17.5. The molecule has 0 aliphatic heterocycles. The third-order valence-corrected chi connectivity index (χ3v) is 4.70. The maximum absolute atomic E-state index is 12.2. The molecule has 0 unspecified atom stereocenters. The molecule has 1 heterocycles. The van der Waals surface area contributed by atoms with Gasteiger partial charge in [-0.25, -0.2) is 0 Å². The van der Waals surface area contributed by atoms with E-state index in [9.17, 15) is 4.79 Å². The number of hydrogen-bond acceptors (Lipinski definition) is 4. The number of nitrogens with zero attached hydrogens (tertiary/aromatic N) is 4. The van der Waals surface area contributed by atoms with Crippen LogP contribution in [0.15, 0.2) is 42.1 Å². The zero-order valence-electron chi connectivity index (χ0n) is 14.5. The monoisotopic (exact) mass is 344 g/mol. The fourth-order valence-electron chi connectivity index (χ4n) is 2.48. The van der Waals surface area contributed by atoms with Gasteiger partial charge in [0.2, 0.25) is 5.91 Å². The zero-order valence-corrected chi connectivity index (χ0v) is 15.3. The summed E-state index contributed by atoms with van der Waals surface area (Å²) in [6, 6.07) is 8.16. The summed E-state index contributed by atoms with van der Waals surface area (Å²) in [6.07, 6.45) is 1.82. The minimum absolute atomic E-state index is 0.121. The molecule has 1 amide bonds. The van der Waals surface area contributed by atoms with Gasteiger partial charge >= 0.3 is 0 Å². The third-order valence-electron chi connectivity index (χ3n) is 3.75. The van der Waals surface area contributed by atoms with Crippen LogP contribution in [0.3, 0.4) is 0 Å². The SMILES string of the molecule is C=CCn1c(SCC(=O)N(CC)CC)nnc1-c1cccc(C)c1. The molecular formula is C18H24N4OS. The predicted octanol–water partition coefficient (Wildman–Crippen LogP) is 3.40. The van der Waals surface area contributed by atoms with Crippen molar-refractivity contribution in [1.82, 2.24) is 19.7 Å². The number of carbonyl (C=O) groups excluding carboxylic acids is 1. The van der Waals surface area contributed by atoms with Crippen molar-refractivity contribution in [3.05, 3.63) is 42.5 Å². The molecule has 0 aliphatic carbocycles. The number of carbonyl (C=O) groups is 1. The smallest absolute Gasteiger partial charge is 0.233 e. The van der Waals surface area contributed by atoms with Gasteiger partial charge in [-0.15, -0.1) is 16.8 Å². The third kappa shape index (κ3) is 4.26. The van der Waals surface area contributed by atoms with E-state index in [1.54, 1.807) is 0 Å². The van der Waals surface area contributed by atoms with Crippen molar-refractivity contribution in [3.8, 4) is 11.4 Å². The van der Waals surface area contributed by atoms with Gasteiger partial charge in [-0.3, -0.25) is 9.36 Å². The van der Waals surface area contributed by atoms with Crippen LogP contribution in [0.1, 0.15) is 19.4 Å². The van der Waals surface area contributed by atoms with E-state index < -0.39 is 0 Å². The molecule has 0 saturated carbocycles. The van der Waals surface area contributed by atoms with Crippen molar-refractivity contribution in [2.75, 3.05) is 18.8 Å². The standard InChI is InChI=1S/C18H24N4OS/c1-5-11-22-17(15-10-8-9-14(4)12-15)19-20-18(22)24-13-16(23)21(6-2)7-3/h5,8-10,12H,1,6-7,11,13H2,2-4H3. The Kier molecular flexibility index (Phi) is 6.61. The van der Waals surface area contributed by atoms with Gasteiger partial charge in [0, 0.05) is 25.2 Å². The average Bonchev–Trinajstić information content (AvgIpc) is 2.97. The molecule has 0 aliphatic rings. The topological polar surface area (TPSA) is 51.0 Å². The van der Waals surface area contributed by atoms with E-state index in [1.807, 2.05) is 41.5 Å². The van der Waals surface area contributed by atoms with Gasteiger partial charge < -0.3 is 4.90 Å². The van der Waals surface area contributed by atoms with E-state index in [0.29, 0.717) is 12.3 Å². The molecule has 128 valence electrons. The number of aromatic nitrogens is 3. The molecule has 0 atom stereocenters. The van der Waals surface area contributed by atoms with E-state index in [1.165, 1.54) is 17.3 Å². The number of benzene rings is 1. The minimum Gasteiger partial charge on any atom is -0.343 e. The Morgan fingerprint density at radius 3 is 2.71 bits per heavy atom. The van der Waals surface area contributed by atoms with Crippen LogP contribution >= 0.6 is 11.8 Å². The first-order valence-electron chi connectivity index (χ1n) is 8.12. The molecule has 0 saturated heterocycles. The Morgan fingerprint density at radius 1 is 1.33 bits per heavy atom. The Morgan fingerprint density at radius 2 is 2.08 bits per heavy atom. The lowest BCUT2D eigenvalue weighted by Crippen LogP contribution is -2.31. The predicted molar refractivity (Wildman–Crippen MR) is 99.0 cm³/mol. The van der Waals surface area contributed by atoms with Crippen molar-refractivity contribution in [3.63, 3.8) is 0 Å². The van der Waals surface area contributed by atoms with Gasteiger partial charge in [-0.05, 0) is 26.8 Å². The summed E-state index contributed by atoms with van der Waals surface area (Å²) >= 11 is 1.42. The van der Waals surface area contributed by atoms with Crippen molar-refractivity contribution < 1.29 is 4.79 Å². The first-order valence-corrected chi connectivity index (χ1v) is 9.10.